The van der Waals surface area contributed by atoms with Gasteiger partial charge in [-0.15, -0.1) is 0 Å². The molecule has 1 atom stereocenters. The number of carboxylic acid groups (broad SMARTS) is 1. The van der Waals surface area contributed by atoms with E-state index in [2.05, 4.69) is 86.4 Å². The first-order chi connectivity index (χ1) is 16.7. The van der Waals surface area contributed by atoms with Crippen LogP contribution >= 0.6 is 0 Å². The van der Waals surface area contributed by atoms with Crippen molar-refractivity contribution in [1.29, 1.82) is 0 Å². The molecule has 5 rings (SSSR count). The summed E-state index contributed by atoms with van der Waals surface area (Å²) in [5, 5.41) is 14.1. The van der Waals surface area contributed by atoms with Gasteiger partial charge < -0.3 is 15.3 Å². The summed E-state index contributed by atoms with van der Waals surface area (Å²) >= 11 is 0. The van der Waals surface area contributed by atoms with Gasteiger partial charge in [0.1, 0.15) is 5.82 Å². The number of aromatic nitrogens is 1. The molecule has 0 spiro atoms. The van der Waals surface area contributed by atoms with Gasteiger partial charge in [-0.2, -0.15) is 0 Å². The van der Waals surface area contributed by atoms with Gasteiger partial charge in [0.25, 0.3) is 0 Å². The molecule has 2 N–H and O–H groups in total. The van der Waals surface area contributed by atoms with E-state index >= 15 is 0 Å². The van der Waals surface area contributed by atoms with Crippen molar-refractivity contribution in [3.8, 4) is 0 Å². The number of hydrogen-bond acceptors (Lipinski definition) is 4. The van der Waals surface area contributed by atoms with Crippen LogP contribution in [0.4, 0.5) is 11.5 Å². The van der Waals surface area contributed by atoms with Gasteiger partial charge in [0, 0.05) is 35.1 Å². The first-order valence-corrected chi connectivity index (χ1v) is 12.1. The summed E-state index contributed by atoms with van der Waals surface area (Å²) in [6, 6.07) is 24.2. The Labute approximate surface area is 206 Å². The zero-order chi connectivity index (χ0) is 24.7. The number of rotatable bonds is 6. The van der Waals surface area contributed by atoms with Crippen molar-refractivity contribution in [3.63, 3.8) is 0 Å². The maximum atomic E-state index is 11.7. The molecule has 1 fully saturated rings. The number of carbonyl (C=O) groups is 1. The van der Waals surface area contributed by atoms with Crippen molar-refractivity contribution < 1.29 is 9.90 Å². The third kappa shape index (κ3) is 4.23. The second kappa shape index (κ2) is 8.73. The van der Waals surface area contributed by atoms with E-state index in [1.54, 1.807) is 12.1 Å². The maximum Gasteiger partial charge on any atom is 0.337 e. The summed E-state index contributed by atoms with van der Waals surface area (Å²) in [6.45, 7) is 10.5. The average Bonchev–Trinajstić information content (AvgIpc) is 2.82. The molecule has 5 nitrogen and oxygen atoms in total. The molecule has 1 aromatic heterocycles. The van der Waals surface area contributed by atoms with E-state index in [0.29, 0.717) is 5.69 Å². The van der Waals surface area contributed by atoms with E-state index in [0.717, 1.165) is 40.9 Å². The van der Waals surface area contributed by atoms with Crippen molar-refractivity contribution in [2.75, 3.05) is 23.3 Å². The lowest BCUT2D eigenvalue weighted by molar-refractivity contribution is 0.0698. The van der Waals surface area contributed by atoms with Gasteiger partial charge in [0.05, 0.1) is 17.1 Å². The summed E-state index contributed by atoms with van der Waals surface area (Å²) < 4.78 is 0. The lowest BCUT2D eigenvalue weighted by atomic mass is 9.75. The molecule has 0 amide bonds. The molecule has 4 aromatic rings. The molecule has 2 heterocycles. The van der Waals surface area contributed by atoms with E-state index in [4.69, 9.17) is 4.98 Å². The number of pyridine rings is 1. The maximum absolute atomic E-state index is 11.7. The fourth-order valence-electron chi connectivity index (χ4n) is 5.29. The van der Waals surface area contributed by atoms with Crippen LogP contribution in [-0.4, -0.2) is 29.1 Å². The quantitative estimate of drug-likeness (QED) is 0.340. The molecule has 178 valence electrons. The molecule has 0 radical (unpaired) electrons. The average molecular weight is 466 g/mol. The molecule has 0 aliphatic carbocycles. The topological polar surface area (TPSA) is 65.5 Å². The highest BCUT2D eigenvalue weighted by molar-refractivity contribution is 5.94. The molecule has 1 aliphatic heterocycles. The Hall–Kier alpha value is -3.86. The minimum absolute atomic E-state index is 0.119. The number of anilines is 2. The minimum Gasteiger partial charge on any atom is -0.478 e. The van der Waals surface area contributed by atoms with Crippen LogP contribution in [0.5, 0.6) is 0 Å². The normalized spacial score (nSPS) is 15.5. The number of nitrogens with one attached hydrogen (secondary N) is 1. The van der Waals surface area contributed by atoms with Gasteiger partial charge in [0.2, 0.25) is 0 Å². The molecule has 35 heavy (non-hydrogen) atoms. The van der Waals surface area contributed by atoms with Crippen LogP contribution in [0, 0.1) is 13.8 Å². The third-order valence-corrected chi connectivity index (χ3v) is 7.10. The molecule has 0 bridgehead atoms. The van der Waals surface area contributed by atoms with E-state index in [-0.39, 0.29) is 17.0 Å². The Morgan fingerprint density at radius 2 is 1.71 bits per heavy atom. The predicted molar refractivity (Wildman–Crippen MR) is 143 cm³/mol. The Bertz CT molecular complexity index is 1410. The Morgan fingerprint density at radius 3 is 2.43 bits per heavy atom. The molecule has 0 saturated carbocycles. The summed E-state index contributed by atoms with van der Waals surface area (Å²) in [5.74, 6) is 0.0823. The molecule has 1 saturated heterocycles. The summed E-state index contributed by atoms with van der Waals surface area (Å²) in [4.78, 5) is 19.3. The predicted octanol–water partition coefficient (Wildman–Crippen LogP) is 6.50. The second-order valence-corrected chi connectivity index (χ2v) is 10.1. The largest absolute Gasteiger partial charge is 0.478 e. The lowest BCUT2D eigenvalue weighted by Gasteiger charge is -2.49. The monoisotopic (exact) mass is 465 g/mol. The number of para-hydroxylation sites is 1. The summed E-state index contributed by atoms with van der Waals surface area (Å²) in [5.41, 5.74) is 6.70. The van der Waals surface area contributed by atoms with E-state index in [1.807, 2.05) is 12.1 Å². The minimum atomic E-state index is -0.940. The number of aromatic carboxylic acids is 1. The van der Waals surface area contributed by atoms with Crippen LogP contribution in [0.15, 0.2) is 72.8 Å². The fraction of sp³-hybridized carbons (Fsp3) is 0.267. The zero-order valence-corrected chi connectivity index (χ0v) is 20.7. The van der Waals surface area contributed by atoms with Crippen LogP contribution in [0.2, 0.25) is 0 Å². The molecule has 1 aliphatic rings. The Balaban J connectivity index is 1.49. The number of hydrogen-bond donors (Lipinski definition) is 2. The highest BCUT2D eigenvalue weighted by atomic mass is 16.4. The smallest absolute Gasteiger partial charge is 0.337 e. The van der Waals surface area contributed by atoms with Gasteiger partial charge in [-0.25, -0.2) is 9.78 Å². The SMILES string of the molecule is Cc1cc([C@H](C)Nc2ccccc2C(=O)O)c2nc(N3CC(C)(c4ccccc4)C3)c(C)cc2c1. The molecule has 0 unspecified atom stereocenters. The van der Waals surface area contributed by atoms with Crippen LogP contribution in [-0.2, 0) is 5.41 Å². The number of aryl methyl sites for hydroxylation is 2. The van der Waals surface area contributed by atoms with Crippen LogP contribution in [0.1, 0.15) is 52.5 Å². The van der Waals surface area contributed by atoms with Crippen molar-refractivity contribution in [2.45, 2.75) is 39.2 Å². The number of nitrogens with zero attached hydrogens (tertiary/aromatic N) is 2. The van der Waals surface area contributed by atoms with E-state index in [1.165, 1.54) is 11.1 Å². The first-order valence-electron chi connectivity index (χ1n) is 12.1. The highest BCUT2D eigenvalue weighted by Gasteiger charge is 2.41. The van der Waals surface area contributed by atoms with Gasteiger partial charge in [0.15, 0.2) is 0 Å². The summed E-state index contributed by atoms with van der Waals surface area (Å²) in [7, 11) is 0. The van der Waals surface area contributed by atoms with Crippen molar-refractivity contribution in [2.24, 2.45) is 0 Å². The molecular formula is C30H31N3O2. The zero-order valence-electron chi connectivity index (χ0n) is 20.7. The third-order valence-electron chi connectivity index (χ3n) is 7.10. The van der Waals surface area contributed by atoms with Crippen molar-refractivity contribution >= 4 is 28.4 Å². The van der Waals surface area contributed by atoms with E-state index < -0.39 is 5.97 Å². The number of carboxylic acids is 1. The highest BCUT2D eigenvalue weighted by Crippen LogP contribution is 2.39. The van der Waals surface area contributed by atoms with Crippen LogP contribution in [0.3, 0.4) is 0 Å². The van der Waals surface area contributed by atoms with E-state index in [9.17, 15) is 9.90 Å². The second-order valence-electron chi connectivity index (χ2n) is 10.1. The summed E-state index contributed by atoms with van der Waals surface area (Å²) in [6.07, 6.45) is 0. The Morgan fingerprint density at radius 1 is 1.03 bits per heavy atom. The van der Waals surface area contributed by atoms with Crippen LogP contribution < -0.4 is 10.2 Å². The van der Waals surface area contributed by atoms with Gasteiger partial charge in [-0.05, 0) is 56.2 Å². The molecule has 3 aromatic carbocycles. The first kappa shape index (κ1) is 22.9. The lowest BCUT2D eigenvalue weighted by Crippen LogP contribution is -2.58. The fourth-order valence-corrected chi connectivity index (χ4v) is 5.29. The number of benzene rings is 3. The standard InChI is InChI=1S/C30H31N3O2/c1-19-14-22-16-20(2)28(33-17-30(4,18-33)23-10-6-5-7-11-23)32-27(22)25(15-19)21(3)31-26-13-9-8-12-24(26)29(34)35/h5-16,21,31H,17-18H2,1-4H3,(H,34,35)/t21-/m0/s1. The van der Waals surface area contributed by atoms with Gasteiger partial charge in [-0.1, -0.05) is 61.0 Å². The molecular weight excluding hydrogens is 434 g/mol. The van der Waals surface area contributed by atoms with Crippen molar-refractivity contribution in [1.82, 2.24) is 4.98 Å². The van der Waals surface area contributed by atoms with Crippen LogP contribution in [0.25, 0.3) is 10.9 Å². The molecule has 5 heteroatoms. The van der Waals surface area contributed by atoms with Gasteiger partial charge in [-0.3, -0.25) is 0 Å². The Kier molecular flexibility index (Phi) is 5.72. The van der Waals surface area contributed by atoms with Crippen molar-refractivity contribution in [3.05, 3.63) is 101 Å². The van der Waals surface area contributed by atoms with Gasteiger partial charge >= 0.3 is 5.97 Å². The number of fused-ring (bicyclic) bond motifs is 1.